The van der Waals surface area contributed by atoms with E-state index >= 15 is 0 Å². The Hall–Kier alpha value is -0.00364. The quantitative estimate of drug-likeness (QED) is 0.0312. The summed E-state index contributed by atoms with van der Waals surface area (Å²) in [6.45, 7) is 20.9. The van der Waals surface area contributed by atoms with Crippen molar-refractivity contribution in [3.05, 3.63) is 178 Å². The van der Waals surface area contributed by atoms with Gasteiger partial charge in [-0.2, -0.15) is 20.8 Å². The summed E-state index contributed by atoms with van der Waals surface area (Å²) < 4.78 is 109. The third-order valence-electron chi connectivity index (χ3n) is 9.92. The van der Waals surface area contributed by atoms with Crippen LogP contribution < -0.4 is 51.4 Å². The van der Waals surface area contributed by atoms with E-state index in [0.717, 1.165) is 63.3 Å². The molecule has 7 nitrogen and oxygen atoms in total. The summed E-state index contributed by atoms with van der Waals surface area (Å²) in [5.41, 5.74) is 0.570. The van der Waals surface area contributed by atoms with Gasteiger partial charge in [-0.15, -0.1) is 34.0 Å². The maximum absolute atomic E-state index is 14.1. The molecule has 3 aromatic heterocycles. The first-order valence-corrected chi connectivity index (χ1v) is 34.8. The molecule has 0 fully saturated rings. The van der Waals surface area contributed by atoms with Crippen LogP contribution in [-0.2, 0) is 50.5 Å². The van der Waals surface area contributed by atoms with Crippen molar-refractivity contribution in [2.24, 2.45) is 0 Å². The summed E-state index contributed by atoms with van der Waals surface area (Å²) in [6, 6.07) is 31.9. The Morgan fingerprint density at radius 2 is 0.873 bits per heavy atom. The van der Waals surface area contributed by atoms with E-state index in [4.69, 9.17) is 18.1 Å². The number of halogens is 9. The second-order valence-electron chi connectivity index (χ2n) is 18.9. The van der Waals surface area contributed by atoms with Crippen LogP contribution in [0.4, 0.5) is 17.6 Å². The fraction of sp³-hybridized carbons (Fsp3) is 0.351. The number of hydrogen-bond donors (Lipinski definition) is 0. The molecule has 0 amide bonds. The topological polar surface area (TPSA) is 101 Å². The molecule has 0 radical (unpaired) electrons. The van der Waals surface area contributed by atoms with Gasteiger partial charge >= 0.3 is 66.6 Å². The van der Waals surface area contributed by atoms with Gasteiger partial charge in [-0.3, -0.25) is 9.13 Å². The average molecular weight is 1530 g/mol. The van der Waals surface area contributed by atoms with Crippen LogP contribution >= 0.6 is 129 Å². The Morgan fingerprint density at radius 1 is 0.506 bits per heavy atom. The standard InChI is InChI=1S/C22H24BrF2O3PS.C15H20BrO3PS.C9H6Br2S.C7H5BrF2.C4H9.K.H2O/c1-13(2)27-29(26,28-14(3)4)19(12-15-9-10-17(24)18(25)11-15)22-21(23)16-7-5-6-8-20(16)30-22;1-10(2)18-20(17,19-11(3)4)9-14-15(16)12-7-5-6-8-13(12)21-14;10-5-8-9(11)6-3-1-2-4-7(6)12-8;8-4-5-1-2-6(9)7(10)3-5;1-4(2)3;;/h5-11,13-14,19H,12H2,1-4H3;5-8,10-11H,9H2,1-4H3;1-4H,5H2;1-3H,4H2;1-3H3;;1H2/q;;;;-1;+1;/p-1. The van der Waals surface area contributed by atoms with Crippen LogP contribution in [0, 0.1) is 29.2 Å². The maximum Gasteiger partial charge on any atom is 1.00 e. The van der Waals surface area contributed by atoms with E-state index in [0.29, 0.717) is 17.1 Å². The zero-order valence-corrected chi connectivity index (χ0v) is 61.3. The summed E-state index contributed by atoms with van der Waals surface area (Å²) in [4.78, 5) is 3.16. The first kappa shape index (κ1) is 75.1. The molecule has 5 aromatic carbocycles. The van der Waals surface area contributed by atoms with E-state index in [9.17, 15) is 26.7 Å². The molecular formula is C57H65Br5F4KO7P2S3-. The van der Waals surface area contributed by atoms with Crippen molar-refractivity contribution in [1.82, 2.24) is 0 Å². The normalized spacial score (nSPS) is 11.9. The first-order valence-electron chi connectivity index (χ1n) is 24.4. The largest absolute Gasteiger partial charge is 1.00 e. The molecule has 8 rings (SSSR count). The summed E-state index contributed by atoms with van der Waals surface area (Å²) in [7, 11) is -6.83. The molecule has 0 bridgehead atoms. The van der Waals surface area contributed by atoms with Crippen molar-refractivity contribution in [2.75, 3.05) is 0 Å². The molecule has 8 aromatic rings. The molecule has 0 saturated carbocycles. The average Bonchev–Trinajstić information content (AvgIpc) is 3.98. The van der Waals surface area contributed by atoms with Crippen LogP contribution in [-0.4, -0.2) is 29.9 Å². The van der Waals surface area contributed by atoms with Gasteiger partial charge in [0.25, 0.3) is 0 Å². The van der Waals surface area contributed by atoms with Crippen LogP contribution in [0.15, 0.2) is 123 Å². The Bertz CT molecular complexity index is 3220. The summed E-state index contributed by atoms with van der Waals surface area (Å²) in [5.74, 6) is -2.04. The fourth-order valence-corrected chi connectivity index (χ4v) is 20.1. The molecular weight excluding hydrogens is 1470 g/mol. The van der Waals surface area contributed by atoms with E-state index in [1.807, 2.05) is 75.4 Å². The minimum atomic E-state index is -3.67. The van der Waals surface area contributed by atoms with Crippen molar-refractivity contribution in [3.63, 3.8) is 0 Å². The predicted octanol–water partition coefficient (Wildman–Crippen LogP) is 20.3. The van der Waals surface area contributed by atoms with Gasteiger partial charge in [-0.05, 0) is 163 Å². The number of rotatable bonds is 16. The fourth-order valence-electron chi connectivity index (χ4n) is 7.10. The second kappa shape index (κ2) is 36.2. The number of fused-ring (bicyclic) bond motifs is 3. The summed E-state index contributed by atoms with van der Waals surface area (Å²) in [6.07, 6.45) is -0.473. The first-order chi connectivity index (χ1) is 36.2. The minimum Gasteiger partial charge on any atom is -0.870 e. The Labute approximate surface area is 560 Å². The predicted molar refractivity (Wildman–Crippen MR) is 339 cm³/mol. The third kappa shape index (κ3) is 23.7. The van der Waals surface area contributed by atoms with Gasteiger partial charge in [-0.25, -0.2) is 17.6 Å². The van der Waals surface area contributed by atoms with Gasteiger partial charge in [0.2, 0.25) is 0 Å². The Morgan fingerprint density at radius 3 is 1.25 bits per heavy atom. The van der Waals surface area contributed by atoms with Crippen molar-refractivity contribution >= 4 is 159 Å². The van der Waals surface area contributed by atoms with Gasteiger partial charge < -0.3 is 29.5 Å². The van der Waals surface area contributed by atoms with Crippen LogP contribution in [0.1, 0.15) is 108 Å². The molecule has 22 heteroatoms. The van der Waals surface area contributed by atoms with Gasteiger partial charge in [0, 0.05) is 69.0 Å². The van der Waals surface area contributed by atoms with Crippen molar-refractivity contribution in [2.45, 2.75) is 129 Å². The maximum atomic E-state index is 14.1. The molecule has 428 valence electrons. The Balaban J connectivity index is 0.000000376. The Kier molecular flexibility index (Phi) is 34.4. The third-order valence-corrected chi connectivity index (χ3v) is 23.8. The molecule has 0 aliphatic rings. The molecule has 0 aliphatic carbocycles. The molecule has 0 saturated heterocycles. The number of alkyl halides is 2. The van der Waals surface area contributed by atoms with Crippen molar-refractivity contribution in [1.29, 1.82) is 0 Å². The monoisotopic (exact) mass is 1530 g/mol. The van der Waals surface area contributed by atoms with Crippen LogP contribution in [0.2, 0.25) is 0 Å². The second-order valence-corrected chi connectivity index (χ2v) is 29.8. The van der Waals surface area contributed by atoms with E-state index in [1.54, 1.807) is 39.0 Å². The number of hydrogen-bond acceptors (Lipinski definition) is 10. The van der Waals surface area contributed by atoms with E-state index in [-0.39, 0.29) is 87.7 Å². The smallest absolute Gasteiger partial charge is 0.870 e. The van der Waals surface area contributed by atoms with Crippen molar-refractivity contribution < 1.29 is 102 Å². The number of benzene rings is 5. The van der Waals surface area contributed by atoms with Gasteiger partial charge in [-0.1, -0.05) is 98.6 Å². The zero-order valence-electron chi connectivity index (χ0n) is 46.0. The van der Waals surface area contributed by atoms with Crippen LogP contribution in [0.3, 0.4) is 0 Å². The molecule has 1 N–H and O–H groups in total. The van der Waals surface area contributed by atoms with Gasteiger partial charge in [0.15, 0.2) is 23.3 Å². The van der Waals surface area contributed by atoms with Gasteiger partial charge in [0.05, 0.1) is 30.6 Å². The molecule has 0 spiro atoms. The molecule has 79 heavy (non-hydrogen) atoms. The minimum absolute atomic E-state index is 0. The zero-order chi connectivity index (χ0) is 57.4. The van der Waals surface area contributed by atoms with Crippen LogP contribution in [0.25, 0.3) is 30.3 Å². The van der Waals surface area contributed by atoms with Gasteiger partial charge in [0.1, 0.15) is 5.66 Å². The van der Waals surface area contributed by atoms with E-state index < -0.39 is 44.1 Å². The molecule has 1 unspecified atom stereocenters. The SMILES string of the molecule is BrCc1sc2ccccc2c1Br.CC(C)OP(=O)(Cc1sc2ccccc2c1Br)OC(C)C.CC(C)OP(=O)(OC(C)C)C(Cc1ccc(F)c(F)c1)c1sc2ccccc2c1Br.C[C-](C)C.Fc1ccc(CBr)cc1F.[K+].[OH-]. The van der Waals surface area contributed by atoms with Crippen LogP contribution in [0.5, 0.6) is 0 Å². The number of thiophene rings is 3. The van der Waals surface area contributed by atoms with Crippen molar-refractivity contribution in [3.8, 4) is 0 Å². The van der Waals surface area contributed by atoms with E-state index in [2.05, 4.69) is 137 Å². The summed E-state index contributed by atoms with van der Waals surface area (Å²) in [5, 5.41) is 4.92. The summed E-state index contributed by atoms with van der Waals surface area (Å²) >= 11 is 22.4. The molecule has 1 atom stereocenters. The molecule has 0 aliphatic heterocycles. The molecule has 3 heterocycles. The van der Waals surface area contributed by atoms with E-state index in [1.165, 1.54) is 59.6 Å².